The standard InChI is InChI=1S/C16H31N3O2/c1-16(2,3)19-14(20)10-11-17-12-15(21)18-13-8-6-4-5-7-9-13/h13,17H,4-12H2,1-3H3,(H,18,21)(H,19,20). The second-order valence-electron chi connectivity index (χ2n) is 6.98. The Morgan fingerprint density at radius 1 is 1.00 bits per heavy atom. The lowest BCUT2D eigenvalue weighted by Crippen LogP contribution is -2.43. The summed E-state index contributed by atoms with van der Waals surface area (Å²) in [6.07, 6.45) is 7.59. The maximum Gasteiger partial charge on any atom is 0.234 e. The molecule has 2 amide bonds. The first-order chi connectivity index (χ1) is 9.87. The average molecular weight is 297 g/mol. The van der Waals surface area contributed by atoms with Gasteiger partial charge in [-0.3, -0.25) is 9.59 Å². The zero-order chi connectivity index (χ0) is 15.7. The van der Waals surface area contributed by atoms with Crippen molar-refractivity contribution in [3.05, 3.63) is 0 Å². The molecule has 122 valence electrons. The number of amides is 2. The van der Waals surface area contributed by atoms with Crippen LogP contribution in [-0.4, -0.2) is 36.5 Å². The Labute approximate surface area is 128 Å². The molecule has 0 spiro atoms. The Bertz CT molecular complexity index is 329. The largest absolute Gasteiger partial charge is 0.352 e. The Morgan fingerprint density at radius 2 is 1.62 bits per heavy atom. The summed E-state index contributed by atoms with van der Waals surface area (Å²) in [7, 11) is 0. The first kappa shape index (κ1) is 18.0. The number of hydrogen-bond donors (Lipinski definition) is 3. The number of nitrogens with one attached hydrogen (secondary N) is 3. The number of hydrogen-bond acceptors (Lipinski definition) is 3. The zero-order valence-corrected chi connectivity index (χ0v) is 13.8. The van der Waals surface area contributed by atoms with Gasteiger partial charge in [0, 0.05) is 24.5 Å². The highest BCUT2D eigenvalue weighted by Crippen LogP contribution is 2.16. The summed E-state index contributed by atoms with van der Waals surface area (Å²) in [5.41, 5.74) is -0.200. The van der Waals surface area contributed by atoms with E-state index < -0.39 is 0 Å². The smallest absolute Gasteiger partial charge is 0.234 e. The van der Waals surface area contributed by atoms with E-state index in [9.17, 15) is 9.59 Å². The number of carbonyl (C=O) groups is 2. The van der Waals surface area contributed by atoms with Crippen molar-refractivity contribution in [2.45, 2.75) is 77.3 Å². The summed E-state index contributed by atoms with van der Waals surface area (Å²) in [6, 6.07) is 0.339. The zero-order valence-electron chi connectivity index (χ0n) is 13.8. The van der Waals surface area contributed by atoms with Gasteiger partial charge >= 0.3 is 0 Å². The van der Waals surface area contributed by atoms with Crippen LogP contribution in [0.2, 0.25) is 0 Å². The molecule has 3 N–H and O–H groups in total. The van der Waals surface area contributed by atoms with E-state index in [4.69, 9.17) is 0 Å². The van der Waals surface area contributed by atoms with E-state index >= 15 is 0 Å². The van der Waals surface area contributed by atoms with Crippen molar-refractivity contribution in [1.82, 2.24) is 16.0 Å². The molecule has 0 aromatic rings. The summed E-state index contributed by atoms with van der Waals surface area (Å²) >= 11 is 0. The van der Waals surface area contributed by atoms with Gasteiger partial charge in [-0.25, -0.2) is 0 Å². The molecule has 21 heavy (non-hydrogen) atoms. The van der Waals surface area contributed by atoms with Crippen LogP contribution in [0.25, 0.3) is 0 Å². The highest BCUT2D eigenvalue weighted by Gasteiger charge is 2.15. The number of carbonyl (C=O) groups excluding carboxylic acids is 2. The van der Waals surface area contributed by atoms with Gasteiger partial charge in [-0.2, -0.15) is 0 Å². The van der Waals surface area contributed by atoms with Crippen LogP contribution >= 0.6 is 0 Å². The van der Waals surface area contributed by atoms with Crippen LogP contribution < -0.4 is 16.0 Å². The van der Waals surface area contributed by atoms with Crippen molar-refractivity contribution in [2.75, 3.05) is 13.1 Å². The predicted molar refractivity (Wildman–Crippen MR) is 85.0 cm³/mol. The summed E-state index contributed by atoms with van der Waals surface area (Å²) in [6.45, 7) is 6.69. The Kier molecular flexibility index (Phi) is 7.72. The molecule has 0 bridgehead atoms. The molecule has 0 saturated heterocycles. The molecule has 1 rings (SSSR count). The minimum Gasteiger partial charge on any atom is -0.352 e. The van der Waals surface area contributed by atoms with Crippen LogP contribution in [0.5, 0.6) is 0 Å². The second kappa shape index (κ2) is 9.03. The fourth-order valence-electron chi connectivity index (χ4n) is 2.59. The molecular formula is C16H31N3O2. The highest BCUT2D eigenvalue weighted by atomic mass is 16.2. The van der Waals surface area contributed by atoms with Crippen molar-refractivity contribution in [2.24, 2.45) is 0 Å². The monoisotopic (exact) mass is 297 g/mol. The lowest BCUT2D eigenvalue weighted by molar-refractivity contribution is -0.123. The molecule has 0 heterocycles. The molecule has 1 saturated carbocycles. The van der Waals surface area contributed by atoms with E-state index in [1.807, 2.05) is 20.8 Å². The fraction of sp³-hybridized carbons (Fsp3) is 0.875. The second-order valence-corrected chi connectivity index (χ2v) is 6.98. The third kappa shape index (κ3) is 9.45. The molecule has 0 unspecified atom stereocenters. The van der Waals surface area contributed by atoms with Gasteiger partial charge in [-0.05, 0) is 33.6 Å². The van der Waals surface area contributed by atoms with Crippen LogP contribution in [0, 0.1) is 0 Å². The van der Waals surface area contributed by atoms with E-state index in [1.54, 1.807) is 0 Å². The Balaban J connectivity index is 2.09. The molecule has 0 aliphatic heterocycles. The van der Waals surface area contributed by atoms with Crippen LogP contribution in [-0.2, 0) is 9.59 Å². The minimum atomic E-state index is -0.200. The van der Waals surface area contributed by atoms with E-state index in [1.165, 1.54) is 25.7 Å². The molecule has 1 fully saturated rings. The first-order valence-electron chi connectivity index (χ1n) is 8.18. The van der Waals surface area contributed by atoms with E-state index in [0.717, 1.165) is 12.8 Å². The van der Waals surface area contributed by atoms with Gasteiger partial charge in [0.1, 0.15) is 0 Å². The average Bonchev–Trinajstić information content (AvgIpc) is 2.61. The molecule has 5 nitrogen and oxygen atoms in total. The van der Waals surface area contributed by atoms with Gasteiger partial charge in [0.25, 0.3) is 0 Å². The minimum absolute atomic E-state index is 0.0131. The molecule has 1 aliphatic carbocycles. The lowest BCUT2D eigenvalue weighted by Gasteiger charge is -2.20. The highest BCUT2D eigenvalue weighted by molar-refractivity contribution is 5.79. The van der Waals surface area contributed by atoms with E-state index in [-0.39, 0.29) is 17.4 Å². The molecule has 1 aliphatic rings. The third-order valence-electron chi connectivity index (χ3n) is 3.55. The first-order valence-corrected chi connectivity index (χ1v) is 8.18. The van der Waals surface area contributed by atoms with Gasteiger partial charge < -0.3 is 16.0 Å². The van der Waals surface area contributed by atoms with Crippen molar-refractivity contribution >= 4 is 11.8 Å². The predicted octanol–water partition coefficient (Wildman–Crippen LogP) is 1.72. The number of rotatable bonds is 6. The quantitative estimate of drug-likeness (QED) is 0.516. The van der Waals surface area contributed by atoms with Crippen LogP contribution in [0.1, 0.15) is 65.7 Å². The van der Waals surface area contributed by atoms with E-state index in [0.29, 0.717) is 25.6 Å². The summed E-state index contributed by atoms with van der Waals surface area (Å²) in [4.78, 5) is 23.4. The van der Waals surface area contributed by atoms with E-state index in [2.05, 4.69) is 16.0 Å². The van der Waals surface area contributed by atoms with Gasteiger partial charge in [0.2, 0.25) is 11.8 Å². The lowest BCUT2D eigenvalue weighted by atomic mass is 10.1. The van der Waals surface area contributed by atoms with Crippen LogP contribution in [0.4, 0.5) is 0 Å². The molecule has 0 radical (unpaired) electrons. The van der Waals surface area contributed by atoms with Gasteiger partial charge in [0.05, 0.1) is 6.54 Å². The van der Waals surface area contributed by atoms with Crippen LogP contribution in [0.15, 0.2) is 0 Å². The van der Waals surface area contributed by atoms with Gasteiger partial charge in [-0.1, -0.05) is 25.7 Å². The summed E-state index contributed by atoms with van der Waals surface area (Å²) in [5.74, 6) is 0.0531. The maximum atomic E-state index is 11.8. The van der Waals surface area contributed by atoms with Crippen molar-refractivity contribution in [1.29, 1.82) is 0 Å². The normalized spacial score (nSPS) is 17.1. The fourth-order valence-corrected chi connectivity index (χ4v) is 2.59. The maximum absolute atomic E-state index is 11.8. The Hall–Kier alpha value is -1.10. The van der Waals surface area contributed by atoms with Gasteiger partial charge in [-0.15, -0.1) is 0 Å². The Morgan fingerprint density at radius 3 is 2.19 bits per heavy atom. The van der Waals surface area contributed by atoms with Crippen molar-refractivity contribution in [3.8, 4) is 0 Å². The molecular weight excluding hydrogens is 266 g/mol. The summed E-state index contributed by atoms with van der Waals surface area (Å²) < 4.78 is 0. The molecule has 0 atom stereocenters. The van der Waals surface area contributed by atoms with Crippen molar-refractivity contribution in [3.63, 3.8) is 0 Å². The third-order valence-corrected chi connectivity index (χ3v) is 3.55. The van der Waals surface area contributed by atoms with Crippen molar-refractivity contribution < 1.29 is 9.59 Å². The topological polar surface area (TPSA) is 70.2 Å². The molecule has 0 aromatic heterocycles. The molecule has 5 heteroatoms. The van der Waals surface area contributed by atoms with Gasteiger partial charge in [0.15, 0.2) is 0 Å². The molecule has 0 aromatic carbocycles. The summed E-state index contributed by atoms with van der Waals surface area (Å²) in [5, 5.41) is 9.02. The van der Waals surface area contributed by atoms with Crippen LogP contribution in [0.3, 0.4) is 0 Å². The SMILES string of the molecule is CC(C)(C)NC(=O)CCNCC(=O)NC1CCCCCC1.